The van der Waals surface area contributed by atoms with Gasteiger partial charge in [-0.25, -0.2) is 0 Å². The van der Waals surface area contributed by atoms with Gasteiger partial charge in [0.25, 0.3) is 0 Å². The summed E-state index contributed by atoms with van der Waals surface area (Å²) in [5, 5.41) is 7.33. The lowest BCUT2D eigenvalue weighted by molar-refractivity contribution is 0.303. The third kappa shape index (κ3) is 3.99. The number of nitrogens with two attached hydrogens (primary N) is 1. The van der Waals surface area contributed by atoms with Gasteiger partial charge in [0.15, 0.2) is 0 Å². The Morgan fingerprint density at radius 1 is 1.31 bits per heavy atom. The van der Waals surface area contributed by atoms with Crippen LogP contribution in [-0.2, 0) is 0 Å². The highest BCUT2D eigenvalue weighted by atomic mass is 35.5. The minimum atomic E-state index is 0. The normalized spacial score (nSPS) is 27.8. The standard InChI is InChI=1S/C10H20N2.ClH/c1-2-3-8-4-6-9(7-5-8)10(11)12;/h8-9H,2-7H2,1H3,(H3,11,12);1H. The van der Waals surface area contributed by atoms with Crippen molar-refractivity contribution in [1.29, 1.82) is 5.41 Å². The smallest absolute Gasteiger partial charge is 0.0936 e. The molecule has 0 unspecified atom stereocenters. The van der Waals surface area contributed by atoms with Crippen molar-refractivity contribution in [3.05, 3.63) is 0 Å². The fourth-order valence-electron chi connectivity index (χ4n) is 2.17. The average molecular weight is 205 g/mol. The second kappa shape index (κ2) is 6.25. The fourth-order valence-corrected chi connectivity index (χ4v) is 2.17. The van der Waals surface area contributed by atoms with Gasteiger partial charge in [0.05, 0.1) is 5.84 Å². The average Bonchev–Trinajstić information content (AvgIpc) is 2.06. The van der Waals surface area contributed by atoms with Gasteiger partial charge in [0.2, 0.25) is 0 Å². The van der Waals surface area contributed by atoms with E-state index >= 15 is 0 Å². The molecule has 3 heteroatoms. The summed E-state index contributed by atoms with van der Waals surface area (Å²) in [6, 6.07) is 0. The second-order valence-electron chi connectivity index (χ2n) is 3.96. The van der Waals surface area contributed by atoms with E-state index in [1.165, 1.54) is 25.7 Å². The molecule has 0 spiro atoms. The fraction of sp³-hybridized carbons (Fsp3) is 0.900. The van der Waals surface area contributed by atoms with E-state index < -0.39 is 0 Å². The van der Waals surface area contributed by atoms with Gasteiger partial charge in [-0.2, -0.15) is 0 Å². The van der Waals surface area contributed by atoms with E-state index in [1.54, 1.807) is 0 Å². The van der Waals surface area contributed by atoms with Crippen LogP contribution in [0.1, 0.15) is 45.4 Å². The van der Waals surface area contributed by atoms with Gasteiger partial charge in [-0.15, -0.1) is 12.4 Å². The molecule has 13 heavy (non-hydrogen) atoms. The molecular formula is C10H21ClN2. The van der Waals surface area contributed by atoms with E-state index in [4.69, 9.17) is 11.1 Å². The van der Waals surface area contributed by atoms with Crippen molar-refractivity contribution in [2.75, 3.05) is 0 Å². The van der Waals surface area contributed by atoms with Crippen LogP contribution in [0, 0.1) is 17.2 Å². The Morgan fingerprint density at radius 2 is 1.85 bits per heavy atom. The van der Waals surface area contributed by atoms with Gasteiger partial charge in [0, 0.05) is 5.92 Å². The van der Waals surface area contributed by atoms with Crippen molar-refractivity contribution in [3.63, 3.8) is 0 Å². The second-order valence-corrected chi connectivity index (χ2v) is 3.96. The van der Waals surface area contributed by atoms with Crippen LogP contribution in [-0.4, -0.2) is 5.84 Å². The summed E-state index contributed by atoms with van der Waals surface area (Å²) in [4.78, 5) is 0. The molecule has 0 radical (unpaired) electrons. The van der Waals surface area contributed by atoms with Crippen LogP contribution in [0.25, 0.3) is 0 Å². The first-order valence-electron chi connectivity index (χ1n) is 5.08. The third-order valence-corrected chi connectivity index (χ3v) is 2.98. The monoisotopic (exact) mass is 204 g/mol. The first-order valence-corrected chi connectivity index (χ1v) is 5.08. The Labute approximate surface area is 87.2 Å². The Morgan fingerprint density at radius 3 is 2.23 bits per heavy atom. The molecule has 1 aliphatic carbocycles. The number of nitrogens with one attached hydrogen (secondary N) is 1. The van der Waals surface area contributed by atoms with Crippen LogP contribution in [0.3, 0.4) is 0 Å². The summed E-state index contributed by atoms with van der Waals surface area (Å²) in [7, 11) is 0. The molecule has 0 saturated heterocycles. The SMILES string of the molecule is CCCC1CCC(C(=N)N)CC1.Cl. The summed E-state index contributed by atoms with van der Waals surface area (Å²) in [5.41, 5.74) is 5.47. The van der Waals surface area contributed by atoms with Crippen molar-refractivity contribution in [1.82, 2.24) is 0 Å². The molecule has 0 aromatic heterocycles. The zero-order valence-electron chi connectivity index (χ0n) is 8.38. The Kier molecular flexibility index (Phi) is 6.13. The Bertz CT molecular complexity index is 151. The maximum Gasteiger partial charge on any atom is 0.0936 e. The molecule has 0 heterocycles. The highest BCUT2D eigenvalue weighted by molar-refractivity contribution is 5.85. The quantitative estimate of drug-likeness (QED) is 0.539. The number of rotatable bonds is 3. The van der Waals surface area contributed by atoms with Crippen LogP contribution >= 0.6 is 12.4 Å². The van der Waals surface area contributed by atoms with Crippen molar-refractivity contribution in [3.8, 4) is 0 Å². The lowest BCUT2D eigenvalue weighted by atomic mass is 9.80. The van der Waals surface area contributed by atoms with Crippen LogP contribution < -0.4 is 5.73 Å². The molecule has 1 saturated carbocycles. The topological polar surface area (TPSA) is 49.9 Å². The van der Waals surface area contributed by atoms with Crippen LogP contribution in [0.5, 0.6) is 0 Å². The molecule has 1 fully saturated rings. The minimum Gasteiger partial charge on any atom is -0.387 e. The number of amidine groups is 1. The molecular weight excluding hydrogens is 184 g/mol. The van der Waals surface area contributed by atoms with Crippen molar-refractivity contribution >= 4 is 18.2 Å². The van der Waals surface area contributed by atoms with Gasteiger partial charge in [-0.3, -0.25) is 5.41 Å². The number of hydrogen-bond donors (Lipinski definition) is 2. The third-order valence-electron chi connectivity index (χ3n) is 2.98. The van der Waals surface area contributed by atoms with Crippen LogP contribution in [0.15, 0.2) is 0 Å². The maximum absolute atomic E-state index is 7.33. The largest absolute Gasteiger partial charge is 0.387 e. The van der Waals surface area contributed by atoms with E-state index in [0.29, 0.717) is 11.8 Å². The van der Waals surface area contributed by atoms with Gasteiger partial charge in [-0.05, 0) is 31.6 Å². The molecule has 1 rings (SSSR count). The Balaban J connectivity index is 0.00000144. The molecule has 1 aliphatic rings. The molecule has 0 aromatic carbocycles. The van der Waals surface area contributed by atoms with Crippen LogP contribution in [0.4, 0.5) is 0 Å². The molecule has 0 amide bonds. The van der Waals surface area contributed by atoms with Gasteiger partial charge >= 0.3 is 0 Å². The van der Waals surface area contributed by atoms with Gasteiger partial charge in [0.1, 0.15) is 0 Å². The number of halogens is 1. The van der Waals surface area contributed by atoms with Crippen LogP contribution in [0.2, 0.25) is 0 Å². The van der Waals surface area contributed by atoms with Crippen molar-refractivity contribution in [2.45, 2.75) is 45.4 Å². The lowest BCUT2D eigenvalue weighted by Gasteiger charge is -2.27. The minimum absolute atomic E-state index is 0. The highest BCUT2D eigenvalue weighted by Gasteiger charge is 2.21. The van der Waals surface area contributed by atoms with Gasteiger partial charge < -0.3 is 5.73 Å². The molecule has 78 valence electrons. The van der Waals surface area contributed by atoms with E-state index in [9.17, 15) is 0 Å². The summed E-state index contributed by atoms with van der Waals surface area (Å²) < 4.78 is 0. The summed E-state index contributed by atoms with van der Waals surface area (Å²) >= 11 is 0. The summed E-state index contributed by atoms with van der Waals surface area (Å²) in [5.74, 6) is 1.73. The van der Waals surface area contributed by atoms with Crippen molar-refractivity contribution < 1.29 is 0 Å². The lowest BCUT2D eigenvalue weighted by Crippen LogP contribution is -2.26. The summed E-state index contributed by atoms with van der Waals surface area (Å²) in [6.45, 7) is 2.25. The molecule has 3 N–H and O–H groups in total. The molecule has 2 nitrogen and oxygen atoms in total. The zero-order valence-corrected chi connectivity index (χ0v) is 9.20. The summed E-state index contributed by atoms with van der Waals surface area (Å²) in [6.07, 6.45) is 7.55. The predicted octanol–water partition coefficient (Wildman–Crippen LogP) is 2.95. The maximum atomic E-state index is 7.33. The molecule has 0 aromatic rings. The van der Waals surface area contributed by atoms with E-state index in [-0.39, 0.29) is 12.4 Å². The Hall–Kier alpha value is -0.240. The predicted molar refractivity (Wildman–Crippen MR) is 59.5 cm³/mol. The highest BCUT2D eigenvalue weighted by Crippen LogP contribution is 2.31. The number of hydrogen-bond acceptors (Lipinski definition) is 1. The van der Waals surface area contributed by atoms with E-state index in [0.717, 1.165) is 18.8 Å². The molecule has 0 aliphatic heterocycles. The van der Waals surface area contributed by atoms with Crippen molar-refractivity contribution in [2.24, 2.45) is 17.6 Å². The molecule has 0 atom stereocenters. The van der Waals surface area contributed by atoms with E-state index in [2.05, 4.69) is 6.92 Å². The zero-order chi connectivity index (χ0) is 8.97. The molecule has 0 bridgehead atoms. The first kappa shape index (κ1) is 12.8. The van der Waals surface area contributed by atoms with E-state index in [1.807, 2.05) is 0 Å². The van der Waals surface area contributed by atoms with Gasteiger partial charge in [-0.1, -0.05) is 19.8 Å². The first-order chi connectivity index (χ1) is 5.74.